The fourth-order valence-corrected chi connectivity index (χ4v) is 3.50. The Morgan fingerprint density at radius 2 is 1.75 bits per heavy atom. The summed E-state index contributed by atoms with van der Waals surface area (Å²) in [6, 6.07) is 11.0. The molecule has 6 heteroatoms. The molecule has 24 heavy (non-hydrogen) atoms. The molecular formula is C18H21N3O2S. The van der Waals surface area contributed by atoms with E-state index in [0.717, 1.165) is 13.1 Å². The van der Waals surface area contributed by atoms with Crippen LogP contribution in [0.4, 0.5) is 5.69 Å². The Kier molecular flexibility index (Phi) is 4.97. The predicted molar refractivity (Wildman–Crippen MR) is 96.9 cm³/mol. The summed E-state index contributed by atoms with van der Waals surface area (Å²) in [7, 11) is 3.78. The van der Waals surface area contributed by atoms with Crippen molar-refractivity contribution >= 4 is 28.8 Å². The maximum Gasteiger partial charge on any atom is 0.268 e. The number of rotatable bonds is 3. The summed E-state index contributed by atoms with van der Waals surface area (Å²) < 4.78 is 0. The van der Waals surface area contributed by atoms with E-state index in [4.69, 9.17) is 0 Å². The number of hydrogen-bond acceptors (Lipinski definition) is 4. The number of amides is 2. The molecule has 2 amide bonds. The SMILES string of the molecule is CN1CCN(C(=O)c2ccccc2N(C)C(=O)c2cccs2)CC1. The average molecular weight is 343 g/mol. The van der Waals surface area contributed by atoms with Gasteiger partial charge >= 0.3 is 0 Å². The van der Waals surface area contributed by atoms with Gasteiger partial charge in [0, 0.05) is 33.2 Å². The first-order chi connectivity index (χ1) is 11.6. The minimum Gasteiger partial charge on any atom is -0.336 e. The molecule has 0 spiro atoms. The lowest BCUT2D eigenvalue weighted by Crippen LogP contribution is -2.47. The number of carbonyl (C=O) groups excluding carboxylic acids is 2. The van der Waals surface area contributed by atoms with Gasteiger partial charge in [0.2, 0.25) is 0 Å². The summed E-state index contributed by atoms with van der Waals surface area (Å²) in [6.45, 7) is 3.17. The monoisotopic (exact) mass is 343 g/mol. The Bertz CT molecular complexity index is 722. The van der Waals surface area contributed by atoms with Gasteiger partial charge in [-0.05, 0) is 30.6 Å². The van der Waals surface area contributed by atoms with E-state index < -0.39 is 0 Å². The highest BCUT2D eigenvalue weighted by Crippen LogP contribution is 2.24. The van der Waals surface area contributed by atoms with Crippen molar-refractivity contribution in [2.75, 3.05) is 45.2 Å². The van der Waals surface area contributed by atoms with Crippen LogP contribution < -0.4 is 4.90 Å². The number of para-hydroxylation sites is 1. The van der Waals surface area contributed by atoms with E-state index in [1.807, 2.05) is 34.5 Å². The molecule has 2 aromatic rings. The van der Waals surface area contributed by atoms with Crippen molar-refractivity contribution in [2.45, 2.75) is 0 Å². The Morgan fingerprint density at radius 3 is 2.42 bits per heavy atom. The molecule has 3 rings (SSSR count). The van der Waals surface area contributed by atoms with Crippen LogP contribution in [0.3, 0.4) is 0 Å². The number of anilines is 1. The summed E-state index contributed by atoms with van der Waals surface area (Å²) in [4.78, 5) is 31.8. The maximum atomic E-state index is 12.9. The van der Waals surface area contributed by atoms with Gasteiger partial charge in [-0.1, -0.05) is 18.2 Å². The fourth-order valence-electron chi connectivity index (χ4n) is 2.80. The summed E-state index contributed by atoms with van der Waals surface area (Å²) >= 11 is 1.40. The van der Waals surface area contributed by atoms with Gasteiger partial charge in [-0.15, -0.1) is 11.3 Å². The second-order valence-electron chi connectivity index (χ2n) is 5.95. The van der Waals surface area contributed by atoms with Gasteiger partial charge in [0.15, 0.2) is 0 Å². The molecule has 0 atom stereocenters. The van der Waals surface area contributed by atoms with E-state index in [1.165, 1.54) is 11.3 Å². The minimum absolute atomic E-state index is 0.00969. The van der Waals surface area contributed by atoms with Crippen LogP contribution in [0.15, 0.2) is 41.8 Å². The maximum absolute atomic E-state index is 12.9. The zero-order valence-corrected chi connectivity index (χ0v) is 14.8. The quantitative estimate of drug-likeness (QED) is 0.860. The summed E-state index contributed by atoms with van der Waals surface area (Å²) in [5, 5.41) is 1.88. The number of benzene rings is 1. The Hall–Kier alpha value is -2.18. The molecule has 0 radical (unpaired) electrons. The van der Waals surface area contributed by atoms with E-state index >= 15 is 0 Å². The molecule has 1 saturated heterocycles. The first-order valence-corrected chi connectivity index (χ1v) is 8.84. The van der Waals surface area contributed by atoms with Gasteiger partial charge in [-0.2, -0.15) is 0 Å². The molecule has 1 fully saturated rings. The Morgan fingerprint density at radius 1 is 1.04 bits per heavy atom. The lowest BCUT2D eigenvalue weighted by atomic mass is 10.1. The van der Waals surface area contributed by atoms with Crippen molar-refractivity contribution in [3.05, 3.63) is 52.2 Å². The molecule has 1 aliphatic heterocycles. The van der Waals surface area contributed by atoms with Crippen molar-refractivity contribution in [3.8, 4) is 0 Å². The van der Waals surface area contributed by atoms with Gasteiger partial charge in [-0.25, -0.2) is 0 Å². The first-order valence-electron chi connectivity index (χ1n) is 7.96. The molecule has 0 bridgehead atoms. The first kappa shape index (κ1) is 16.7. The topological polar surface area (TPSA) is 43.9 Å². The third-order valence-corrected chi connectivity index (χ3v) is 5.18. The van der Waals surface area contributed by atoms with Crippen molar-refractivity contribution < 1.29 is 9.59 Å². The number of carbonyl (C=O) groups is 2. The highest BCUT2D eigenvalue weighted by Gasteiger charge is 2.25. The van der Waals surface area contributed by atoms with Crippen LogP contribution in [-0.2, 0) is 0 Å². The standard InChI is InChI=1S/C18H21N3O2S/c1-19-9-11-21(12-10-19)17(22)14-6-3-4-7-15(14)20(2)18(23)16-8-5-13-24-16/h3-8,13H,9-12H2,1-2H3. The average Bonchev–Trinajstić information content (AvgIpc) is 3.15. The largest absolute Gasteiger partial charge is 0.336 e. The Labute approximate surface area is 146 Å². The van der Waals surface area contributed by atoms with Crippen LogP contribution in [0.2, 0.25) is 0 Å². The van der Waals surface area contributed by atoms with Crippen molar-refractivity contribution in [1.29, 1.82) is 0 Å². The summed E-state index contributed by atoms with van der Waals surface area (Å²) in [6.07, 6.45) is 0. The van der Waals surface area contributed by atoms with E-state index in [0.29, 0.717) is 29.2 Å². The summed E-state index contributed by atoms with van der Waals surface area (Å²) in [5.74, 6) is -0.104. The van der Waals surface area contributed by atoms with Crippen LogP contribution in [0, 0.1) is 0 Å². The molecule has 2 heterocycles. The van der Waals surface area contributed by atoms with Gasteiger partial charge < -0.3 is 14.7 Å². The number of piperazine rings is 1. The van der Waals surface area contributed by atoms with E-state index in [9.17, 15) is 9.59 Å². The van der Waals surface area contributed by atoms with Crippen molar-refractivity contribution in [2.24, 2.45) is 0 Å². The molecule has 5 nitrogen and oxygen atoms in total. The number of hydrogen-bond donors (Lipinski definition) is 0. The second kappa shape index (κ2) is 7.15. The van der Waals surface area contributed by atoms with E-state index in [-0.39, 0.29) is 11.8 Å². The third kappa shape index (κ3) is 3.34. The smallest absolute Gasteiger partial charge is 0.268 e. The lowest BCUT2D eigenvalue weighted by Gasteiger charge is -2.33. The molecule has 0 unspecified atom stereocenters. The highest BCUT2D eigenvalue weighted by molar-refractivity contribution is 7.12. The van der Waals surface area contributed by atoms with Gasteiger partial charge in [-0.3, -0.25) is 9.59 Å². The minimum atomic E-state index is -0.0939. The van der Waals surface area contributed by atoms with Gasteiger partial charge in [0.05, 0.1) is 16.1 Å². The second-order valence-corrected chi connectivity index (χ2v) is 6.90. The third-order valence-electron chi connectivity index (χ3n) is 4.32. The van der Waals surface area contributed by atoms with Crippen LogP contribution in [0.1, 0.15) is 20.0 Å². The Balaban J connectivity index is 1.85. The fraction of sp³-hybridized carbons (Fsp3) is 0.333. The molecule has 0 saturated carbocycles. The highest BCUT2D eigenvalue weighted by atomic mass is 32.1. The van der Waals surface area contributed by atoms with Gasteiger partial charge in [0.25, 0.3) is 11.8 Å². The van der Waals surface area contributed by atoms with Crippen molar-refractivity contribution in [1.82, 2.24) is 9.80 Å². The molecule has 0 aliphatic carbocycles. The summed E-state index contributed by atoms with van der Waals surface area (Å²) in [5.41, 5.74) is 1.23. The molecule has 1 aromatic heterocycles. The van der Waals surface area contributed by atoms with Crippen LogP contribution >= 0.6 is 11.3 Å². The zero-order valence-electron chi connectivity index (χ0n) is 13.9. The van der Waals surface area contributed by atoms with E-state index in [1.54, 1.807) is 24.1 Å². The number of likely N-dealkylation sites (N-methyl/N-ethyl adjacent to an activating group) is 1. The van der Waals surface area contributed by atoms with Crippen LogP contribution in [0.5, 0.6) is 0 Å². The molecule has 1 aromatic carbocycles. The van der Waals surface area contributed by atoms with E-state index in [2.05, 4.69) is 11.9 Å². The molecule has 126 valence electrons. The molecular weight excluding hydrogens is 322 g/mol. The number of nitrogens with zero attached hydrogens (tertiary/aromatic N) is 3. The molecule has 0 N–H and O–H groups in total. The van der Waals surface area contributed by atoms with Crippen molar-refractivity contribution in [3.63, 3.8) is 0 Å². The lowest BCUT2D eigenvalue weighted by molar-refractivity contribution is 0.0665. The van der Waals surface area contributed by atoms with Crippen LogP contribution in [-0.4, -0.2) is 61.9 Å². The number of thiophene rings is 1. The molecule has 1 aliphatic rings. The zero-order chi connectivity index (χ0) is 17.1. The van der Waals surface area contributed by atoms with Crippen LogP contribution in [0.25, 0.3) is 0 Å². The van der Waals surface area contributed by atoms with Gasteiger partial charge in [0.1, 0.15) is 0 Å². The predicted octanol–water partition coefficient (Wildman–Crippen LogP) is 2.41. The normalized spacial score (nSPS) is 15.3.